The van der Waals surface area contributed by atoms with E-state index in [0.717, 1.165) is 11.4 Å². The van der Waals surface area contributed by atoms with Gasteiger partial charge in [0.25, 0.3) is 0 Å². The Morgan fingerprint density at radius 3 is 2.42 bits per heavy atom. The van der Waals surface area contributed by atoms with Crippen LogP contribution in [0.5, 0.6) is 0 Å². The Labute approximate surface area is 110 Å². The maximum atomic E-state index is 13.2. The molecule has 3 N–H and O–H groups in total. The van der Waals surface area contributed by atoms with E-state index in [1.807, 2.05) is 30.1 Å². The van der Waals surface area contributed by atoms with E-state index in [9.17, 15) is 4.39 Å². The van der Waals surface area contributed by atoms with E-state index < -0.39 is 0 Å². The number of benzene rings is 2. The van der Waals surface area contributed by atoms with Gasteiger partial charge in [0.05, 0.1) is 0 Å². The summed E-state index contributed by atoms with van der Waals surface area (Å²) in [7, 11) is 1.84. The van der Waals surface area contributed by atoms with Gasteiger partial charge in [0.1, 0.15) is 5.82 Å². The molecule has 0 aliphatic carbocycles. The van der Waals surface area contributed by atoms with Crippen LogP contribution in [-0.2, 0) is 0 Å². The van der Waals surface area contributed by atoms with Crippen LogP contribution in [-0.4, -0.2) is 18.1 Å². The molecule has 19 heavy (non-hydrogen) atoms. The minimum atomic E-state index is -0.280. The molecule has 2 aromatic carbocycles. The van der Waals surface area contributed by atoms with Gasteiger partial charge in [-0.25, -0.2) is 4.39 Å². The minimum absolute atomic E-state index is 0.0555. The summed E-state index contributed by atoms with van der Waals surface area (Å²) in [6.45, 7) is 0. The highest BCUT2D eigenvalue weighted by atomic mass is 19.1. The van der Waals surface area contributed by atoms with Crippen molar-refractivity contribution in [2.75, 3.05) is 11.9 Å². The number of hydrogen-bond donors (Lipinski definition) is 2. The zero-order valence-corrected chi connectivity index (χ0v) is 10.4. The number of amidine groups is 1. The van der Waals surface area contributed by atoms with Gasteiger partial charge in [0.15, 0.2) is 5.84 Å². The van der Waals surface area contributed by atoms with Gasteiger partial charge >= 0.3 is 0 Å². The van der Waals surface area contributed by atoms with Crippen LogP contribution in [0.25, 0.3) is 0 Å². The first-order valence-corrected chi connectivity index (χ1v) is 5.69. The van der Waals surface area contributed by atoms with Crippen LogP contribution >= 0.6 is 0 Å². The molecule has 5 heteroatoms. The maximum Gasteiger partial charge on any atom is 0.170 e. The minimum Gasteiger partial charge on any atom is -0.409 e. The Morgan fingerprint density at radius 1 is 1.16 bits per heavy atom. The van der Waals surface area contributed by atoms with Gasteiger partial charge in [-0.2, -0.15) is 0 Å². The summed E-state index contributed by atoms with van der Waals surface area (Å²) < 4.78 is 13.2. The summed E-state index contributed by atoms with van der Waals surface area (Å²) in [5.41, 5.74) is 7.73. The molecular formula is C14H14FN3O. The zero-order chi connectivity index (χ0) is 13.8. The van der Waals surface area contributed by atoms with Gasteiger partial charge in [-0.15, -0.1) is 0 Å². The molecule has 0 saturated heterocycles. The largest absolute Gasteiger partial charge is 0.409 e. The van der Waals surface area contributed by atoms with Crippen molar-refractivity contribution in [1.82, 2.24) is 0 Å². The van der Waals surface area contributed by atoms with Crippen molar-refractivity contribution in [3.8, 4) is 0 Å². The van der Waals surface area contributed by atoms with Crippen LogP contribution in [0.2, 0.25) is 0 Å². The van der Waals surface area contributed by atoms with Gasteiger partial charge < -0.3 is 15.8 Å². The number of nitrogens with two attached hydrogens (primary N) is 1. The smallest absolute Gasteiger partial charge is 0.170 e. The molecule has 2 aromatic rings. The van der Waals surface area contributed by atoms with E-state index in [4.69, 9.17) is 10.9 Å². The quantitative estimate of drug-likeness (QED) is 0.385. The second kappa shape index (κ2) is 5.39. The van der Waals surface area contributed by atoms with Crippen LogP contribution in [0.3, 0.4) is 0 Å². The highest BCUT2D eigenvalue weighted by Crippen LogP contribution is 2.24. The second-order valence-corrected chi connectivity index (χ2v) is 4.07. The normalized spacial score (nSPS) is 11.4. The molecule has 0 aliphatic rings. The van der Waals surface area contributed by atoms with Crippen LogP contribution in [0.4, 0.5) is 15.8 Å². The number of halogens is 1. The molecule has 0 radical (unpaired) electrons. The summed E-state index contributed by atoms with van der Waals surface area (Å²) >= 11 is 0. The van der Waals surface area contributed by atoms with Gasteiger partial charge in [-0.3, -0.25) is 0 Å². The fraction of sp³-hybridized carbons (Fsp3) is 0.0714. The molecule has 98 valence electrons. The molecule has 0 heterocycles. The molecule has 0 unspecified atom stereocenters. The average Bonchev–Trinajstić information content (AvgIpc) is 2.46. The lowest BCUT2D eigenvalue weighted by molar-refractivity contribution is 0.318. The summed E-state index contributed by atoms with van der Waals surface area (Å²) in [4.78, 5) is 1.85. The van der Waals surface area contributed by atoms with Crippen molar-refractivity contribution >= 4 is 17.2 Å². The monoisotopic (exact) mass is 259 g/mol. The summed E-state index contributed by atoms with van der Waals surface area (Å²) in [5, 5.41) is 11.5. The second-order valence-electron chi connectivity index (χ2n) is 4.07. The summed E-state index contributed by atoms with van der Waals surface area (Å²) in [5.74, 6) is -0.224. The van der Waals surface area contributed by atoms with E-state index in [1.54, 1.807) is 18.2 Å². The Hall–Kier alpha value is -2.56. The third kappa shape index (κ3) is 2.82. The van der Waals surface area contributed by atoms with Crippen LogP contribution < -0.4 is 10.6 Å². The fourth-order valence-corrected chi connectivity index (χ4v) is 1.75. The standard InChI is InChI=1S/C14H14FN3O/c1-18(13-4-2-3-11(15)9-13)12-7-5-10(6-8-12)14(16)17-19/h2-9,19H,1H3,(H2,16,17). The van der Waals surface area contributed by atoms with Crippen LogP contribution in [0.1, 0.15) is 5.56 Å². The summed E-state index contributed by atoms with van der Waals surface area (Å²) in [6.07, 6.45) is 0. The molecule has 0 aromatic heterocycles. The highest BCUT2D eigenvalue weighted by Gasteiger charge is 2.06. The predicted molar refractivity (Wildman–Crippen MR) is 73.4 cm³/mol. The van der Waals surface area contributed by atoms with Crippen molar-refractivity contribution in [2.45, 2.75) is 0 Å². The Balaban J connectivity index is 2.27. The third-order valence-corrected chi connectivity index (χ3v) is 2.85. The molecule has 4 nitrogen and oxygen atoms in total. The van der Waals surface area contributed by atoms with E-state index in [1.165, 1.54) is 12.1 Å². The number of nitrogens with zero attached hydrogens (tertiary/aromatic N) is 2. The fourth-order valence-electron chi connectivity index (χ4n) is 1.75. The lowest BCUT2D eigenvalue weighted by Gasteiger charge is -2.19. The molecule has 0 spiro atoms. The first-order valence-electron chi connectivity index (χ1n) is 5.69. The van der Waals surface area contributed by atoms with Gasteiger partial charge in [-0.1, -0.05) is 11.2 Å². The molecule has 0 amide bonds. The molecule has 0 aliphatic heterocycles. The van der Waals surface area contributed by atoms with Gasteiger partial charge in [0.2, 0.25) is 0 Å². The molecule has 0 saturated carbocycles. The Bertz CT molecular complexity index is 596. The average molecular weight is 259 g/mol. The molecule has 0 bridgehead atoms. The SMILES string of the molecule is CN(c1ccc(C(N)=NO)cc1)c1cccc(F)c1. The van der Waals surface area contributed by atoms with E-state index in [2.05, 4.69) is 5.16 Å². The Kier molecular flexibility index (Phi) is 3.66. The molecular weight excluding hydrogens is 245 g/mol. The van der Waals surface area contributed by atoms with Crippen molar-refractivity contribution < 1.29 is 9.60 Å². The number of hydrogen-bond acceptors (Lipinski definition) is 3. The number of anilines is 2. The van der Waals surface area contributed by atoms with Gasteiger partial charge in [0, 0.05) is 24.0 Å². The van der Waals surface area contributed by atoms with Crippen molar-refractivity contribution in [3.05, 3.63) is 59.9 Å². The van der Waals surface area contributed by atoms with Crippen LogP contribution in [0, 0.1) is 5.82 Å². The van der Waals surface area contributed by atoms with E-state index in [-0.39, 0.29) is 11.7 Å². The zero-order valence-electron chi connectivity index (χ0n) is 10.4. The van der Waals surface area contributed by atoms with Crippen molar-refractivity contribution in [3.63, 3.8) is 0 Å². The molecule has 0 atom stereocenters. The Morgan fingerprint density at radius 2 is 1.84 bits per heavy atom. The lowest BCUT2D eigenvalue weighted by atomic mass is 10.1. The van der Waals surface area contributed by atoms with Gasteiger partial charge in [-0.05, 0) is 42.5 Å². The molecule has 0 fully saturated rings. The van der Waals surface area contributed by atoms with E-state index in [0.29, 0.717) is 5.56 Å². The molecule has 2 rings (SSSR count). The van der Waals surface area contributed by atoms with Crippen LogP contribution in [0.15, 0.2) is 53.7 Å². The number of oxime groups is 1. The lowest BCUT2D eigenvalue weighted by Crippen LogP contribution is -2.14. The first kappa shape index (κ1) is 12.9. The summed E-state index contributed by atoms with van der Waals surface area (Å²) in [6, 6.07) is 13.4. The third-order valence-electron chi connectivity index (χ3n) is 2.85. The maximum absolute atomic E-state index is 13.2. The first-order chi connectivity index (χ1) is 9.11. The van der Waals surface area contributed by atoms with E-state index >= 15 is 0 Å². The van der Waals surface area contributed by atoms with Crippen molar-refractivity contribution in [2.24, 2.45) is 10.9 Å². The number of rotatable bonds is 3. The predicted octanol–water partition coefficient (Wildman–Crippen LogP) is 2.69. The van der Waals surface area contributed by atoms with Crippen molar-refractivity contribution in [1.29, 1.82) is 0 Å². The highest BCUT2D eigenvalue weighted by molar-refractivity contribution is 5.97. The topological polar surface area (TPSA) is 61.8 Å².